The van der Waals surface area contributed by atoms with Gasteiger partial charge in [-0.3, -0.25) is 0 Å². The topological polar surface area (TPSA) is 75.7 Å². The molecule has 0 bridgehead atoms. The van der Waals surface area contributed by atoms with E-state index in [1.165, 1.54) is 14.2 Å². The highest BCUT2D eigenvalue weighted by molar-refractivity contribution is 9.10. The predicted octanol–water partition coefficient (Wildman–Crippen LogP) is 3.46. The van der Waals surface area contributed by atoms with Gasteiger partial charge >= 0.3 is 5.97 Å². The van der Waals surface area contributed by atoms with E-state index in [2.05, 4.69) is 25.6 Å². The molecule has 27 heavy (non-hydrogen) atoms. The van der Waals surface area contributed by atoms with Crippen LogP contribution >= 0.6 is 15.9 Å². The maximum Gasteiger partial charge on any atom is 0.333 e. The van der Waals surface area contributed by atoms with Crippen molar-refractivity contribution < 1.29 is 17.9 Å². The van der Waals surface area contributed by atoms with E-state index >= 15 is 0 Å². The van der Waals surface area contributed by atoms with Crippen LogP contribution in [-0.4, -0.2) is 35.1 Å². The Morgan fingerprint density at radius 3 is 2.52 bits per heavy atom. The molecule has 0 unspecified atom stereocenters. The minimum atomic E-state index is -3.49. The summed E-state index contributed by atoms with van der Waals surface area (Å²) in [7, 11) is -0.738. The first-order valence-electron chi connectivity index (χ1n) is 8.25. The van der Waals surface area contributed by atoms with E-state index in [0.717, 1.165) is 21.4 Å². The van der Waals surface area contributed by atoms with E-state index < -0.39 is 10.0 Å². The second kappa shape index (κ2) is 7.84. The van der Waals surface area contributed by atoms with E-state index in [-0.39, 0.29) is 10.9 Å². The maximum absolute atomic E-state index is 12.1. The molecule has 1 aliphatic rings. The summed E-state index contributed by atoms with van der Waals surface area (Å²) in [5.41, 5.74) is 3.25. The Kier molecular flexibility index (Phi) is 5.69. The third-order valence-corrected chi connectivity index (χ3v) is 6.31. The number of ether oxygens (including phenoxy) is 1. The molecule has 2 aromatic rings. The highest BCUT2D eigenvalue weighted by atomic mass is 79.9. The zero-order chi connectivity index (χ0) is 19.6. The molecular weight excluding hydrogens is 432 g/mol. The molecule has 0 spiro atoms. The fourth-order valence-corrected chi connectivity index (χ4v) is 4.09. The number of fused-ring (bicyclic) bond motifs is 1. The number of hydrogen-bond acceptors (Lipinski definition) is 5. The van der Waals surface area contributed by atoms with Crippen LogP contribution in [0, 0.1) is 0 Å². The molecule has 0 aliphatic carbocycles. The van der Waals surface area contributed by atoms with Crippen LogP contribution in [0.15, 0.2) is 57.4 Å². The van der Waals surface area contributed by atoms with Crippen molar-refractivity contribution in [1.82, 2.24) is 4.72 Å². The van der Waals surface area contributed by atoms with Crippen LogP contribution in [0.5, 0.6) is 0 Å². The third-order valence-electron chi connectivity index (χ3n) is 4.39. The Labute approximate surface area is 167 Å². The molecule has 0 fully saturated rings. The molecule has 0 aromatic heterocycles. The lowest BCUT2D eigenvalue weighted by atomic mass is 10.1. The van der Waals surface area contributed by atoms with E-state index in [1.54, 1.807) is 24.3 Å². The molecule has 0 saturated heterocycles. The summed E-state index contributed by atoms with van der Waals surface area (Å²) >= 11 is 3.47. The van der Waals surface area contributed by atoms with Crippen molar-refractivity contribution in [3.8, 4) is 0 Å². The van der Waals surface area contributed by atoms with Gasteiger partial charge in [-0.25, -0.2) is 17.9 Å². The number of carbonyl (C=O) groups is 1. The second-order valence-electron chi connectivity index (χ2n) is 5.97. The number of carbonyl (C=O) groups excluding carboxylic acids is 1. The van der Waals surface area contributed by atoms with Crippen molar-refractivity contribution in [2.24, 2.45) is 0 Å². The molecule has 8 heteroatoms. The molecule has 1 N–H and O–H groups in total. The summed E-state index contributed by atoms with van der Waals surface area (Å²) in [4.78, 5) is 14.3. The van der Waals surface area contributed by atoms with E-state index in [9.17, 15) is 13.2 Å². The number of esters is 1. The van der Waals surface area contributed by atoms with Gasteiger partial charge in [-0.2, -0.15) is 0 Å². The molecule has 0 atom stereocenters. The summed E-state index contributed by atoms with van der Waals surface area (Å²) in [5, 5.41) is 0. The molecule has 0 saturated carbocycles. The number of sulfonamides is 1. The number of hydrogen-bond donors (Lipinski definition) is 1. The minimum Gasteiger partial charge on any atom is -0.466 e. The lowest BCUT2D eigenvalue weighted by Gasteiger charge is -2.25. The number of methoxy groups -OCH3 is 1. The molecule has 0 radical (unpaired) electrons. The Hall–Kier alpha value is -2.16. The fraction of sp³-hybridized carbons (Fsp3) is 0.211. The highest BCUT2D eigenvalue weighted by Crippen LogP contribution is 2.35. The van der Waals surface area contributed by atoms with Crippen molar-refractivity contribution >= 4 is 49.4 Å². The first-order valence-corrected chi connectivity index (χ1v) is 10.5. The molecular formula is C19H19BrN2O4S. The van der Waals surface area contributed by atoms with Gasteiger partial charge in [0.2, 0.25) is 10.0 Å². The van der Waals surface area contributed by atoms with Gasteiger partial charge in [-0.15, -0.1) is 0 Å². The number of benzene rings is 2. The van der Waals surface area contributed by atoms with Crippen LogP contribution in [0.25, 0.3) is 6.08 Å². The van der Waals surface area contributed by atoms with Crippen LogP contribution in [-0.2, 0) is 19.6 Å². The molecule has 2 aromatic carbocycles. The van der Waals surface area contributed by atoms with Gasteiger partial charge in [0, 0.05) is 28.0 Å². The largest absolute Gasteiger partial charge is 0.466 e. The first-order chi connectivity index (χ1) is 12.9. The quantitative estimate of drug-likeness (QED) is 0.721. The monoisotopic (exact) mass is 450 g/mol. The lowest BCUT2D eigenvalue weighted by molar-refractivity contribution is -0.136. The van der Waals surface area contributed by atoms with Crippen LogP contribution in [0.3, 0.4) is 0 Å². The third kappa shape index (κ3) is 4.07. The first kappa shape index (κ1) is 19.6. The van der Waals surface area contributed by atoms with Crippen LogP contribution < -0.4 is 9.62 Å². The van der Waals surface area contributed by atoms with Gasteiger partial charge in [0.1, 0.15) is 0 Å². The summed E-state index contributed by atoms with van der Waals surface area (Å²) in [6, 6.07) is 12.5. The van der Waals surface area contributed by atoms with Crippen molar-refractivity contribution in [3.05, 3.63) is 58.1 Å². The average molecular weight is 451 g/mol. The zero-order valence-electron chi connectivity index (χ0n) is 14.9. The van der Waals surface area contributed by atoms with Gasteiger partial charge in [0.25, 0.3) is 0 Å². The van der Waals surface area contributed by atoms with Crippen molar-refractivity contribution in [2.45, 2.75) is 11.3 Å². The highest BCUT2D eigenvalue weighted by Gasteiger charge is 2.21. The summed E-state index contributed by atoms with van der Waals surface area (Å²) in [6.07, 6.45) is 2.35. The molecule has 0 amide bonds. The standard InChI is InChI=1S/C19H19BrN2O4S/c1-21-27(24,25)17-6-4-16(5-7-17)22-10-9-13(19(23)26-2)11-14-12-15(20)3-8-18(14)22/h3-8,11-12,21H,9-10H2,1-2H3. The minimum absolute atomic E-state index is 0.202. The van der Waals surface area contributed by atoms with Crippen LogP contribution in [0.2, 0.25) is 0 Å². The van der Waals surface area contributed by atoms with E-state index in [4.69, 9.17) is 4.74 Å². The lowest BCUT2D eigenvalue weighted by Crippen LogP contribution is -2.21. The number of rotatable bonds is 4. The van der Waals surface area contributed by atoms with E-state index in [1.807, 2.05) is 24.3 Å². The van der Waals surface area contributed by atoms with Crippen LogP contribution in [0.1, 0.15) is 12.0 Å². The smallest absolute Gasteiger partial charge is 0.333 e. The summed E-state index contributed by atoms with van der Waals surface area (Å²) < 4.78 is 32.0. The van der Waals surface area contributed by atoms with Gasteiger partial charge < -0.3 is 9.64 Å². The predicted molar refractivity (Wildman–Crippen MR) is 108 cm³/mol. The molecule has 1 heterocycles. The van der Waals surface area contributed by atoms with Gasteiger partial charge in [0.15, 0.2) is 0 Å². The second-order valence-corrected chi connectivity index (χ2v) is 8.77. The molecule has 142 valence electrons. The molecule has 3 rings (SSSR count). The number of halogens is 1. The fourth-order valence-electron chi connectivity index (χ4n) is 2.98. The van der Waals surface area contributed by atoms with Gasteiger partial charge in [-0.1, -0.05) is 15.9 Å². The number of nitrogens with zero attached hydrogens (tertiary/aromatic N) is 1. The normalized spacial score (nSPS) is 14.2. The van der Waals surface area contributed by atoms with Gasteiger partial charge in [0.05, 0.1) is 12.0 Å². The number of nitrogens with one attached hydrogen (secondary N) is 1. The maximum atomic E-state index is 12.1. The molecule has 1 aliphatic heterocycles. The SMILES string of the molecule is CNS(=O)(=O)c1ccc(N2CCC(C(=O)OC)=Cc3cc(Br)ccc32)cc1. The Morgan fingerprint density at radius 2 is 1.89 bits per heavy atom. The summed E-state index contributed by atoms with van der Waals surface area (Å²) in [5.74, 6) is -0.349. The zero-order valence-corrected chi connectivity index (χ0v) is 17.3. The Morgan fingerprint density at radius 1 is 1.19 bits per heavy atom. The van der Waals surface area contributed by atoms with Crippen molar-refractivity contribution in [3.63, 3.8) is 0 Å². The van der Waals surface area contributed by atoms with Crippen LogP contribution in [0.4, 0.5) is 11.4 Å². The van der Waals surface area contributed by atoms with Crippen molar-refractivity contribution in [2.75, 3.05) is 25.6 Å². The van der Waals surface area contributed by atoms with Crippen molar-refractivity contribution in [1.29, 1.82) is 0 Å². The van der Waals surface area contributed by atoms with Gasteiger partial charge in [-0.05, 0) is 67.6 Å². The molecule has 6 nitrogen and oxygen atoms in total. The number of anilines is 2. The van der Waals surface area contributed by atoms with E-state index in [0.29, 0.717) is 18.5 Å². The summed E-state index contributed by atoms with van der Waals surface area (Å²) in [6.45, 7) is 0.563. The Bertz CT molecular complexity index is 1000. The average Bonchev–Trinajstić information content (AvgIpc) is 2.86. The Balaban J connectivity index is 2.03.